The second kappa shape index (κ2) is 11.6. The highest BCUT2D eigenvalue weighted by Crippen LogP contribution is 2.37. The first-order valence-corrected chi connectivity index (χ1v) is 11.4. The number of benzene rings is 2. The van der Waals surface area contributed by atoms with E-state index < -0.39 is 28.9 Å². The number of esters is 1. The Morgan fingerprint density at radius 2 is 1.72 bits per heavy atom. The molecule has 1 aliphatic rings. The van der Waals surface area contributed by atoms with E-state index in [1.165, 1.54) is 24.8 Å². The van der Waals surface area contributed by atoms with Gasteiger partial charge in [-0.15, -0.1) is 0 Å². The molecule has 32 heavy (non-hydrogen) atoms. The van der Waals surface area contributed by atoms with Gasteiger partial charge in [-0.25, -0.2) is 4.39 Å². The van der Waals surface area contributed by atoms with Crippen LogP contribution in [0.2, 0.25) is 0 Å². The van der Waals surface area contributed by atoms with Crippen LogP contribution in [-0.4, -0.2) is 12.6 Å². The van der Waals surface area contributed by atoms with Crippen molar-refractivity contribution in [2.75, 3.05) is 6.61 Å². The van der Waals surface area contributed by atoms with Gasteiger partial charge < -0.3 is 9.47 Å². The zero-order valence-corrected chi connectivity index (χ0v) is 18.4. The van der Waals surface area contributed by atoms with Gasteiger partial charge in [-0.3, -0.25) is 4.79 Å². The lowest BCUT2D eigenvalue weighted by molar-refractivity contribution is -0.140. The molecule has 0 atom stereocenters. The van der Waals surface area contributed by atoms with E-state index in [1.807, 2.05) is 12.1 Å². The Bertz CT molecular complexity index is 945. The number of carbonyl (C=O) groups excluding carboxylic acids is 1. The molecule has 0 spiro atoms. The molecule has 0 N–H and O–H groups in total. The predicted molar refractivity (Wildman–Crippen MR) is 117 cm³/mol. The van der Waals surface area contributed by atoms with Crippen LogP contribution in [0.4, 0.5) is 8.78 Å². The monoisotopic (exact) mass is 441 g/mol. The molecule has 4 nitrogen and oxygen atoms in total. The number of nitrogens with zero attached hydrogens (tertiary/aromatic N) is 1. The summed E-state index contributed by atoms with van der Waals surface area (Å²) in [5, 5.41) is 8.75. The molecule has 0 aliphatic heterocycles. The van der Waals surface area contributed by atoms with Crippen LogP contribution in [0.25, 0.3) is 0 Å². The maximum Gasteiger partial charge on any atom is 0.314 e. The summed E-state index contributed by atoms with van der Waals surface area (Å²) in [5.74, 6) is -2.76. The molecule has 0 radical (unpaired) electrons. The summed E-state index contributed by atoms with van der Waals surface area (Å²) in [6, 6.07) is 11.9. The highest BCUT2D eigenvalue weighted by atomic mass is 19.2. The third-order valence-corrected chi connectivity index (χ3v) is 6.06. The van der Waals surface area contributed by atoms with Crippen LogP contribution in [0.3, 0.4) is 0 Å². The van der Waals surface area contributed by atoms with Gasteiger partial charge in [-0.1, -0.05) is 38.3 Å². The fourth-order valence-corrected chi connectivity index (χ4v) is 4.11. The first-order chi connectivity index (χ1) is 15.5. The van der Waals surface area contributed by atoms with Crippen LogP contribution in [0, 0.1) is 28.9 Å². The highest BCUT2D eigenvalue weighted by Gasteiger charge is 2.29. The molecule has 1 fully saturated rings. The van der Waals surface area contributed by atoms with Gasteiger partial charge in [0.1, 0.15) is 11.8 Å². The van der Waals surface area contributed by atoms with Gasteiger partial charge in [0.25, 0.3) is 0 Å². The standard InChI is InChI=1S/C26H29F2NO3/c1-2-3-4-5-16-31-22-13-10-19(11-14-22)18-6-8-20(9-7-18)26(30)32-23-15-12-21(17-29)24(27)25(23)28/h10-15,18,20H,2-9,16H2,1H3/t18-,20-. The average molecular weight is 442 g/mol. The third kappa shape index (κ3) is 6.06. The van der Waals surface area contributed by atoms with Gasteiger partial charge in [-0.2, -0.15) is 9.65 Å². The molecule has 0 amide bonds. The van der Waals surface area contributed by atoms with E-state index >= 15 is 0 Å². The highest BCUT2D eigenvalue weighted by molar-refractivity contribution is 5.75. The number of halogens is 2. The second-order valence-corrected chi connectivity index (χ2v) is 8.30. The lowest BCUT2D eigenvalue weighted by atomic mass is 9.79. The van der Waals surface area contributed by atoms with E-state index in [2.05, 4.69) is 19.1 Å². The Balaban J connectivity index is 1.48. The fraction of sp³-hybridized carbons (Fsp3) is 0.462. The smallest absolute Gasteiger partial charge is 0.314 e. The molecule has 0 aromatic heterocycles. The lowest BCUT2D eigenvalue weighted by Gasteiger charge is -2.27. The minimum absolute atomic E-state index is 0.349. The first-order valence-electron chi connectivity index (χ1n) is 11.4. The Morgan fingerprint density at radius 3 is 2.38 bits per heavy atom. The summed E-state index contributed by atoms with van der Waals surface area (Å²) in [5.41, 5.74) is 0.797. The molecule has 1 saturated carbocycles. The number of nitriles is 1. The first kappa shape index (κ1) is 23.7. The van der Waals surface area contributed by atoms with E-state index in [9.17, 15) is 13.6 Å². The Hall–Kier alpha value is -2.94. The molecule has 0 bridgehead atoms. The molecule has 170 valence electrons. The number of hydrogen-bond acceptors (Lipinski definition) is 4. The van der Waals surface area contributed by atoms with Crippen LogP contribution in [0.1, 0.15) is 75.3 Å². The maximum absolute atomic E-state index is 14.0. The third-order valence-electron chi connectivity index (χ3n) is 6.06. The minimum atomic E-state index is -1.31. The zero-order chi connectivity index (χ0) is 22.9. The largest absolute Gasteiger partial charge is 0.494 e. The van der Waals surface area contributed by atoms with E-state index in [1.54, 1.807) is 6.07 Å². The summed E-state index contributed by atoms with van der Waals surface area (Å²) >= 11 is 0. The van der Waals surface area contributed by atoms with E-state index in [0.717, 1.165) is 43.8 Å². The Morgan fingerprint density at radius 1 is 1.00 bits per heavy atom. The number of ether oxygens (including phenoxy) is 2. The average Bonchev–Trinajstić information content (AvgIpc) is 2.82. The Kier molecular flexibility index (Phi) is 8.61. The minimum Gasteiger partial charge on any atom is -0.494 e. The van der Waals surface area contributed by atoms with Gasteiger partial charge in [-0.05, 0) is 67.9 Å². The fourth-order valence-electron chi connectivity index (χ4n) is 4.11. The van der Waals surface area contributed by atoms with Crippen LogP contribution in [-0.2, 0) is 4.79 Å². The topological polar surface area (TPSA) is 59.3 Å². The molecule has 6 heteroatoms. The number of rotatable bonds is 9. The van der Waals surface area contributed by atoms with Crippen molar-refractivity contribution in [2.45, 2.75) is 64.2 Å². The van der Waals surface area contributed by atoms with Crippen LogP contribution < -0.4 is 9.47 Å². The molecule has 1 aliphatic carbocycles. The lowest BCUT2D eigenvalue weighted by Crippen LogP contribution is -2.25. The van der Waals surface area contributed by atoms with Crippen molar-refractivity contribution in [2.24, 2.45) is 5.92 Å². The van der Waals surface area contributed by atoms with E-state index in [-0.39, 0.29) is 5.92 Å². The summed E-state index contributed by atoms with van der Waals surface area (Å²) in [6.45, 7) is 2.92. The summed E-state index contributed by atoms with van der Waals surface area (Å²) in [4.78, 5) is 12.4. The quantitative estimate of drug-likeness (QED) is 0.248. The second-order valence-electron chi connectivity index (χ2n) is 8.30. The van der Waals surface area contributed by atoms with Crippen molar-refractivity contribution in [1.29, 1.82) is 5.26 Å². The molecule has 0 saturated heterocycles. The van der Waals surface area contributed by atoms with Gasteiger partial charge in [0, 0.05) is 0 Å². The van der Waals surface area contributed by atoms with Crippen LogP contribution >= 0.6 is 0 Å². The number of hydrogen-bond donors (Lipinski definition) is 0. The molecule has 2 aromatic carbocycles. The SMILES string of the molecule is CCCCCCOc1ccc([C@H]2CC[C@H](C(=O)Oc3ccc(C#N)c(F)c3F)CC2)cc1. The van der Waals surface area contributed by atoms with Gasteiger partial charge in [0.15, 0.2) is 11.6 Å². The van der Waals surface area contributed by atoms with E-state index in [0.29, 0.717) is 18.8 Å². The molecular formula is C26H29F2NO3. The molecule has 0 unspecified atom stereocenters. The van der Waals surface area contributed by atoms with Gasteiger partial charge >= 0.3 is 5.97 Å². The Labute approximate surface area is 188 Å². The maximum atomic E-state index is 14.0. The predicted octanol–water partition coefficient (Wildman–Crippen LogP) is 6.67. The van der Waals surface area contributed by atoms with Crippen molar-refractivity contribution < 1.29 is 23.0 Å². The summed E-state index contributed by atoms with van der Waals surface area (Å²) < 4.78 is 38.7. The number of unbranched alkanes of at least 4 members (excludes halogenated alkanes) is 3. The van der Waals surface area contributed by atoms with Gasteiger partial charge in [0.2, 0.25) is 5.82 Å². The van der Waals surface area contributed by atoms with Crippen molar-refractivity contribution in [3.63, 3.8) is 0 Å². The van der Waals surface area contributed by atoms with Crippen molar-refractivity contribution in [3.8, 4) is 17.6 Å². The molecule has 2 aromatic rings. The zero-order valence-electron chi connectivity index (χ0n) is 18.4. The van der Waals surface area contributed by atoms with Crippen LogP contribution in [0.15, 0.2) is 36.4 Å². The molecular weight excluding hydrogens is 412 g/mol. The van der Waals surface area contributed by atoms with Crippen molar-refractivity contribution in [3.05, 3.63) is 59.2 Å². The van der Waals surface area contributed by atoms with E-state index in [4.69, 9.17) is 14.7 Å². The molecule has 3 rings (SSSR count). The van der Waals surface area contributed by atoms with Crippen LogP contribution in [0.5, 0.6) is 11.5 Å². The van der Waals surface area contributed by atoms with Gasteiger partial charge in [0.05, 0.1) is 18.1 Å². The van der Waals surface area contributed by atoms with Crippen molar-refractivity contribution >= 4 is 5.97 Å². The normalized spacial score (nSPS) is 18.1. The molecule has 0 heterocycles. The summed E-state index contributed by atoms with van der Waals surface area (Å²) in [7, 11) is 0. The summed E-state index contributed by atoms with van der Waals surface area (Å²) in [6.07, 6.45) is 7.58. The van der Waals surface area contributed by atoms with Crippen molar-refractivity contribution in [1.82, 2.24) is 0 Å². The number of carbonyl (C=O) groups is 1.